The normalized spacial score (nSPS) is 28.3. The number of nitrogens with one attached hydrogen (secondary N) is 1. The van der Waals surface area contributed by atoms with Gasteiger partial charge < -0.3 is 65.1 Å². The number of carbonyl (C=O) groups is 1. The fourth-order valence-corrected chi connectivity index (χ4v) is 8.00. The van der Waals surface area contributed by atoms with Crippen molar-refractivity contribution in [1.29, 1.82) is 0 Å². The van der Waals surface area contributed by atoms with E-state index in [2.05, 4.69) is 19.2 Å². The zero-order valence-corrected chi connectivity index (χ0v) is 37.2. The summed E-state index contributed by atoms with van der Waals surface area (Å²) in [6.07, 6.45) is 17.0. The second-order valence-corrected chi connectivity index (χ2v) is 17.2. The van der Waals surface area contributed by atoms with Crippen molar-refractivity contribution in [3.05, 3.63) is 12.2 Å². The summed E-state index contributed by atoms with van der Waals surface area (Å²) in [5.41, 5.74) is 0. The fourth-order valence-electron chi connectivity index (χ4n) is 8.00. The van der Waals surface area contributed by atoms with Crippen LogP contribution < -0.4 is 5.32 Å². The molecule has 0 spiro atoms. The summed E-state index contributed by atoms with van der Waals surface area (Å²) in [7, 11) is 0. The summed E-state index contributed by atoms with van der Waals surface area (Å²) in [5.74, 6) is -0.244. The highest BCUT2D eigenvalue weighted by Gasteiger charge is 2.51. The first-order valence-electron chi connectivity index (χ1n) is 23.9. The first kappa shape index (κ1) is 54.9. The van der Waals surface area contributed by atoms with Gasteiger partial charge in [0.1, 0.15) is 48.8 Å². The highest BCUT2D eigenvalue weighted by Crippen LogP contribution is 2.30. The maximum atomic E-state index is 13.0. The summed E-state index contributed by atoms with van der Waals surface area (Å²) < 4.78 is 22.6. The number of ether oxygens (including phenoxy) is 4. The van der Waals surface area contributed by atoms with Crippen molar-refractivity contribution in [1.82, 2.24) is 5.32 Å². The largest absolute Gasteiger partial charge is 0.394 e. The van der Waals surface area contributed by atoms with Gasteiger partial charge >= 0.3 is 0 Å². The molecule has 2 rings (SSSR count). The Labute approximate surface area is 361 Å². The van der Waals surface area contributed by atoms with Crippen LogP contribution in [0.25, 0.3) is 0 Å². The molecular weight excluding hydrogens is 774 g/mol. The zero-order chi connectivity index (χ0) is 44.0. The molecule has 0 aliphatic carbocycles. The minimum Gasteiger partial charge on any atom is -0.394 e. The molecule has 9 N–H and O–H groups in total. The number of aliphatic hydroxyl groups is 8. The van der Waals surface area contributed by atoms with Crippen molar-refractivity contribution in [2.24, 2.45) is 0 Å². The number of hydrogen-bond donors (Lipinski definition) is 9. The lowest BCUT2D eigenvalue weighted by Gasteiger charge is -2.46. The van der Waals surface area contributed by atoms with Gasteiger partial charge in [-0.3, -0.25) is 4.79 Å². The molecule has 12 atom stereocenters. The molecule has 14 heteroatoms. The first-order valence-corrected chi connectivity index (χ1v) is 23.9. The number of allylic oxidation sites excluding steroid dienone is 1. The Kier molecular flexibility index (Phi) is 31.3. The Morgan fingerprint density at radius 1 is 0.583 bits per heavy atom. The van der Waals surface area contributed by atoms with Gasteiger partial charge in [0.15, 0.2) is 12.6 Å². The van der Waals surface area contributed by atoms with Crippen LogP contribution in [0.5, 0.6) is 0 Å². The number of aliphatic hydroxyl groups excluding tert-OH is 8. The molecule has 0 aromatic heterocycles. The molecule has 354 valence electrons. The van der Waals surface area contributed by atoms with E-state index in [0.717, 1.165) is 38.5 Å². The maximum Gasteiger partial charge on any atom is 0.220 e. The summed E-state index contributed by atoms with van der Waals surface area (Å²) in [6, 6.07) is -0.905. The van der Waals surface area contributed by atoms with E-state index in [0.29, 0.717) is 6.42 Å². The molecule has 0 aromatic carbocycles. The topological polar surface area (TPSA) is 228 Å². The van der Waals surface area contributed by atoms with E-state index >= 15 is 0 Å². The molecule has 1 amide bonds. The third kappa shape index (κ3) is 21.9. The molecule has 0 bridgehead atoms. The van der Waals surface area contributed by atoms with Crippen LogP contribution in [0, 0.1) is 0 Å². The molecule has 14 nitrogen and oxygen atoms in total. The Morgan fingerprint density at radius 3 is 1.53 bits per heavy atom. The number of unbranched alkanes of at least 4 members (excludes halogenated alkanes) is 23. The van der Waals surface area contributed by atoms with Crippen LogP contribution in [0.3, 0.4) is 0 Å². The van der Waals surface area contributed by atoms with Crippen molar-refractivity contribution in [2.45, 2.75) is 254 Å². The van der Waals surface area contributed by atoms with Crippen LogP contribution in [0.15, 0.2) is 12.2 Å². The van der Waals surface area contributed by atoms with Crippen molar-refractivity contribution < 1.29 is 64.6 Å². The quantitative estimate of drug-likeness (QED) is 0.0292. The maximum absolute atomic E-state index is 13.0. The van der Waals surface area contributed by atoms with Gasteiger partial charge in [0.25, 0.3) is 0 Å². The molecule has 12 unspecified atom stereocenters. The van der Waals surface area contributed by atoms with Gasteiger partial charge in [-0.05, 0) is 19.3 Å². The minimum atomic E-state index is -1.78. The van der Waals surface area contributed by atoms with Crippen LogP contribution in [0.2, 0.25) is 0 Å². The standard InChI is InChI=1S/C46H87NO13/c1-3-5-7-9-11-13-14-15-16-17-18-19-20-21-22-23-25-27-29-35(50)34(47-38(51)30-28-26-24-12-10-8-6-4-2)33-57-45-43(56)41(54)44(37(32-49)59-45)60-46-42(55)40(53)39(52)36(31-48)58-46/h27,29,34-37,39-46,48-50,52-56H,3-26,28,30-33H2,1-2H3,(H,47,51)/b29-27+. The molecule has 0 aromatic rings. The van der Waals surface area contributed by atoms with Crippen LogP contribution in [-0.4, -0.2) is 140 Å². The fraction of sp³-hybridized carbons (Fsp3) is 0.935. The molecule has 0 saturated carbocycles. The Bertz CT molecular complexity index is 1070. The van der Waals surface area contributed by atoms with E-state index in [1.807, 2.05) is 6.08 Å². The predicted molar refractivity (Wildman–Crippen MR) is 231 cm³/mol. The highest BCUT2D eigenvalue weighted by atomic mass is 16.7. The Morgan fingerprint density at radius 2 is 1.03 bits per heavy atom. The van der Waals surface area contributed by atoms with Gasteiger partial charge in [0, 0.05) is 6.42 Å². The molecule has 2 aliphatic heterocycles. The van der Waals surface area contributed by atoms with E-state index in [1.54, 1.807) is 6.08 Å². The van der Waals surface area contributed by atoms with Gasteiger partial charge in [-0.25, -0.2) is 0 Å². The summed E-state index contributed by atoms with van der Waals surface area (Å²) >= 11 is 0. The lowest BCUT2D eigenvalue weighted by atomic mass is 9.97. The molecule has 2 aliphatic rings. The van der Waals surface area contributed by atoms with Crippen molar-refractivity contribution in [3.8, 4) is 0 Å². The average molecular weight is 862 g/mol. The second-order valence-electron chi connectivity index (χ2n) is 17.2. The van der Waals surface area contributed by atoms with Gasteiger partial charge in [0.2, 0.25) is 5.91 Å². The first-order chi connectivity index (χ1) is 29.1. The molecule has 2 fully saturated rings. The minimum absolute atomic E-state index is 0.244. The number of hydrogen-bond acceptors (Lipinski definition) is 13. The predicted octanol–water partition coefficient (Wildman–Crippen LogP) is 5.21. The lowest BCUT2D eigenvalue weighted by molar-refractivity contribution is -0.359. The molecule has 60 heavy (non-hydrogen) atoms. The third-order valence-electron chi connectivity index (χ3n) is 12.0. The third-order valence-corrected chi connectivity index (χ3v) is 12.0. The van der Waals surface area contributed by atoms with Gasteiger partial charge in [-0.2, -0.15) is 0 Å². The molecule has 0 radical (unpaired) electrons. The van der Waals surface area contributed by atoms with Gasteiger partial charge in [-0.15, -0.1) is 0 Å². The molecule has 2 saturated heterocycles. The summed E-state index contributed by atoms with van der Waals surface area (Å²) in [6.45, 7) is 2.74. The van der Waals surface area contributed by atoms with Gasteiger partial charge in [0.05, 0.1) is 32.0 Å². The Hall–Kier alpha value is -1.27. The van der Waals surface area contributed by atoms with E-state index in [1.165, 1.54) is 116 Å². The monoisotopic (exact) mass is 862 g/mol. The number of amides is 1. The smallest absolute Gasteiger partial charge is 0.220 e. The van der Waals surface area contributed by atoms with E-state index in [-0.39, 0.29) is 18.9 Å². The lowest BCUT2D eigenvalue weighted by Crippen LogP contribution is -2.65. The number of carbonyl (C=O) groups excluding carboxylic acids is 1. The van der Waals surface area contributed by atoms with Gasteiger partial charge in [-0.1, -0.05) is 167 Å². The van der Waals surface area contributed by atoms with Crippen molar-refractivity contribution >= 4 is 5.91 Å². The van der Waals surface area contributed by atoms with E-state index in [9.17, 15) is 45.6 Å². The highest BCUT2D eigenvalue weighted by molar-refractivity contribution is 5.76. The summed E-state index contributed by atoms with van der Waals surface area (Å²) in [5, 5.41) is 86.4. The van der Waals surface area contributed by atoms with Crippen molar-refractivity contribution in [2.75, 3.05) is 19.8 Å². The van der Waals surface area contributed by atoms with Crippen LogP contribution >= 0.6 is 0 Å². The second kappa shape index (κ2) is 34.2. The molecule has 2 heterocycles. The van der Waals surface area contributed by atoms with Crippen molar-refractivity contribution in [3.63, 3.8) is 0 Å². The van der Waals surface area contributed by atoms with Crippen LogP contribution in [-0.2, 0) is 23.7 Å². The zero-order valence-electron chi connectivity index (χ0n) is 37.2. The Balaban J connectivity index is 1.84. The van der Waals surface area contributed by atoms with Crippen LogP contribution in [0.1, 0.15) is 181 Å². The van der Waals surface area contributed by atoms with Crippen LogP contribution in [0.4, 0.5) is 0 Å². The SMILES string of the molecule is CCCCCCCCCCCCCCCCCC/C=C/C(O)C(COC1OC(CO)C(OC2OC(CO)C(O)C(O)C2O)C(O)C1O)NC(=O)CCCCCCCCCC. The summed E-state index contributed by atoms with van der Waals surface area (Å²) in [4.78, 5) is 13.0. The molecular formula is C46H87NO13. The van der Waals surface area contributed by atoms with E-state index < -0.39 is 86.8 Å². The average Bonchev–Trinajstić information content (AvgIpc) is 3.24. The van der Waals surface area contributed by atoms with E-state index in [4.69, 9.17) is 18.9 Å². The number of rotatable bonds is 36.